The van der Waals surface area contributed by atoms with Crippen LogP contribution in [0.1, 0.15) is 11.1 Å². The van der Waals surface area contributed by atoms with Gasteiger partial charge in [0.2, 0.25) is 0 Å². The average molecular weight is 1050 g/mol. The predicted molar refractivity (Wildman–Crippen MR) is 345 cm³/mol. The molecule has 0 aromatic heterocycles. The first-order valence-electron chi connectivity index (χ1n) is 28.3. The van der Waals surface area contributed by atoms with Crippen LogP contribution in [0.25, 0.3) is 0 Å². The molecule has 6 nitrogen and oxygen atoms in total. The minimum atomic E-state index is -0.159. The summed E-state index contributed by atoms with van der Waals surface area (Å²) < 4.78 is 7.72. The quantitative estimate of drug-likeness (QED) is 0.134. The average Bonchev–Trinajstić information content (AvgIpc) is 1.64. The molecule has 4 aliphatic heterocycles. The van der Waals surface area contributed by atoms with Crippen molar-refractivity contribution in [3.63, 3.8) is 0 Å². The number of aryl methyl sites for hydroxylation is 2. The van der Waals surface area contributed by atoms with Gasteiger partial charge in [0.25, 0.3) is 13.4 Å². The van der Waals surface area contributed by atoms with Crippen LogP contribution in [0.3, 0.4) is 0 Å². The number of hydrogen-bond donors (Lipinski definition) is 0. The molecule has 386 valence electrons. The molecule has 0 bridgehead atoms. The van der Waals surface area contributed by atoms with E-state index >= 15 is 0 Å². The van der Waals surface area contributed by atoms with Crippen molar-refractivity contribution < 1.29 is 4.74 Å². The van der Waals surface area contributed by atoms with Crippen LogP contribution in [0.15, 0.2) is 285 Å². The molecule has 0 N–H and O–H groups in total. The summed E-state index contributed by atoms with van der Waals surface area (Å²) in [4.78, 5) is 12.3. The standard InChI is InChI=1S/C74H53B2N5O/c1-50-26-25-27-51(2)74(50)81-66-49-70-63(76-61-41-22-24-43-65(61)80(57-38-19-8-20-39-57)69-46-59(47-71(82-70)73(69)76)78(54-32-13-5-14-33-54)55-34-15-6-16-35-55)48-62(66)75-60-40-21-23-42-64(60)79(56-36-17-7-18-37-56)67-44-58(45-68(81)72(67)75)77(52-28-9-3-10-29-52)53-30-11-4-12-31-53/h3-49H,1-2H3. The second-order valence-electron chi connectivity index (χ2n) is 21.7. The van der Waals surface area contributed by atoms with E-state index in [0.29, 0.717) is 0 Å². The van der Waals surface area contributed by atoms with Crippen molar-refractivity contribution >= 4 is 132 Å². The number of nitrogens with zero attached hydrogens (tertiary/aromatic N) is 5. The SMILES string of the molecule is Cc1cccc(C)c1N1c2cc3c(cc2B2c4ccccc4N(c4ccccc4)c4cc(N(c5ccccc5)c5ccccc5)cc1c42)B1c2ccccc2N(c2ccccc2)c2cc(N(c4ccccc4)c4ccccc4)cc(c21)O3. The molecule has 12 aromatic rings. The van der Waals surface area contributed by atoms with E-state index in [4.69, 9.17) is 4.74 Å². The fourth-order valence-electron chi connectivity index (χ4n) is 13.7. The highest BCUT2D eigenvalue weighted by molar-refractivity contribution is 7.02. The van der Waals surface area contributed by atoms with Crippen LogP contribution in [0, 0.1) is 13.8 Å². The van der Waals surface area contributed by atoms with E-state index < -0.39 is 0 Å². The summed E-state index contributed by atoms with van der Waals surface area (Å²) in [6.45, 7) is 4.21. The lowest BCUT2D eigenvalue weighted by atomic mass is 9.30. The lowest BCUT2D eigenvalue weighted by Gasteiger charge is -2.46. The van der Waals surface area contributed by atoms with Crippen LogP contribution in [0.4, 0.5) is 85.3 Å². The number of benzene rings is 12. The molecule has 4 aliphatic rings. The van der Waals surface area contributed by atoms with Gasteiger partial charge >= 0.3 is 0 Å². The topological polar surface area (TPSA) is 25.4 Å². The van der Waals surface area contributed by atoms with Gasteiger partial charge in [0, 0.05) is 80.4 Å². The van der Waals surface area contributed by atoms with Crippen molar-refractivity contribution in [3.8, 4) is 11.5 Å². The van der Waals surface area contributed by atoms with E-state index in [2.05, 4.69) is 323 Å². The smallest absolute Gasteiger partial charge is 0.256 e. The van der Waals surface area contributed by atoms with Gasteiger partial charge in [-0.15, -0.1) is 0 Å². The van der Waals surface area contributed by atoms with E-state index in [1.54, 1.807) is 0 Å². The number of rotatable bonds is 9. The molecule has 0 saturated carbocycles. The normalized spacial score (nSPS) is 13.0. The molecule has 82 heavy (non-hydrogen) atoms. The van der Waals surface area contributed by atoms with Crippen molar-refractivity contribution in [1.29, 1.82) is 0 Å². The second-order valence-corrected chi connectivity index (χ2v) is 21.7. The van der Waals surface area contributed by atoms with Crippen LogP contribution in [0.5, 0.6) is 11.5 Å². The largest absolute Gasteiger partial charge is 0.458 e. The molecule has 4 heterocycles. The van der Waals surface area contributed by atoms with E-state index in [1.165, 1.54) is 33.0 Å². The van der Waals surface area contributed by atoms with Crippen LogP contribution in [0.2, 0.25) is 0 Å². The van der Waals surface area contributed by atoms with Gasteiger partial charge in [0.15, 0.2) is 0 Å². The van der Waals surface area contributed by atoms with Crippen molar-refractivity contribution in [3.05, 3.63) is 296 Å². The van der Waals surface area contributed by atoms with E-state index in [9.17, 15) is 0 Å². The molecule has 0 amide bonds. The molecular weight excluding hydrogens is 996 g/mol. The highest BCUT2D eigenvalue weighted by Gasteiger charge is 2.48. The summed E-state index contributed by atoms with van der Waals surface area (Å²) in [5.41, 5.74) is 26.0. The maximum atomic E-state index is 7.72. The fraction of sp³-hybridized carbons (Fsp3) is 0.0270. The van der Waals surface area contributed by atoms with Gasteiger partial charge in [-0.2, -0.15) is 0 Å². The number of fused-ring (bicyclic) bond motifs is 8. The second kappa shape index (κ2) is 19.1. The molecule has 8 heteroatoms. The zero-order chi connectivity index (χ0) is 54.4. The van der Waals surface area contributed by atoms with Gasteiger partial charge < -0.3 is 29.2 Å². The molecule has 0 spiro atoms. The Bertz CT molecular complexity index is 4340. The molecule has 0 unspecified atom stereocenters. The van der Waals surface area contributed by atoms with Crippen molar-refractivity contribution in [1.82, 2.24) is 0 Å². The Morgan fingerprint density at radius 2 is 0.671 bits per heavy atom. The van der Waals surface area contributed by atoms with Gasteiger partial charge in [0.1, 0.15) is 11.5 Å². The summed E-state index contributed by atoms with van der Waals surface area (Å²) in [5, 5.41) is 0. The van der Waals surface area contributed by atoms with Gasteiger partial charge in [-0.05, 0) is 161 Å². The van der Waals surface area contributed by atoms with Crippen LogP contribution in [-0.4, -0.2) is 13.4 Å². The van der Waals surface area contributed by atoms with E-state index in [0.717, 1.165) is 108 Å². The third kappa shape index (κ3) is 7.45. The van der Waals surface area contributed by atoms with E-state index in [-0.39, 0.29) is 13.4 Å². The molecular formula is C74H53B2N5O. The van der Waals surface area contributed by atoms with Gasteiger partial charge in [-0.1, -0.05) is 170 Å². The lowest BCUT2D eigenvalue weighted by molar-refractivity contribution is 0.488. The molecule has 0 radical (unpaired) electrons. The first-order chi connectivity index (χ1) is 40.6. The minimum Gasteiger partial charge on any atom is -0.458 e. The van der Waals surface area contributed by atoms with Crippen molar-refractivity contribution in [2.24, 2.45) is 0 Å². The van der Waals surface area contributed by atoms with Gasteiger partial charge in [0.05, 0.1) is 17.1 Å². The van der Waals surface area contributed by atoms with Crippen LogP contribution >= 0.6 is 0 Å². The van der Waals surface area contributed by atoms with Crippen LogP contribution in [-0.2, 0) is 0 Å². The Balaban J connectivity index is 0.998. The molecule has 16 rings (SSSR count). The maximum absolute atomic E-state index is 7.72. The number of para-hydroxylation sites is 9. The number of ether oxygens (including phenoxy) is 1. The summed E-state index contributed by atoms with van der Waals surface area (Å²) in [5.74, 6) is 1.68. The Morgan fingerprint density at radius 3 is 1.15 bits per heavy atom. The van der Waals surface area contributed by atoms with Gasteiger partial charge in [-0.3, -0.25) is 0 Å². The summed E-state index contributed by atoms with van der Waals surface area (Å²) in [6, 6.07) is 104. The zero-order valence-corrected chi connectivity index (χ0v) is 45.4. The summed E-state index contributed by atoms with van der Waals surface area (Å²) in [6.07, 6.45) is 0. The summed E-state index contributed by atoms with van der Waals surface area (Å²) in [7, 11) is 0. The third-order valence-corrected chi connectivity index (χ3v) is 17.0. The molecule has 0 atom stereocenters. The zero-order valence-electron chi connectivity index (χ0n) is 45.4. The first kappa shape index (κ1) is 47.6. The highest BCUT2D eigenvalue weighted by Crippen LogP contribution is 2.51. The molecule has 0 aliphatic carbocycles. The lowest BCUT2D eigenvalue weighted by Crippen LogP contribution is -2.64. The maximum Gasteiger partial charge on any atom is 0.256 e. The summed E-state index contributed by atoms with van der Waals surface area (Å²) >= 11 is 0. The number of hydrogen-bond acceptors (Lipinski definition) is 6. The third-order valence-electron chi connectivity index (χ3n) is 17.0. The minimum absolute atomic E-state index is 0.147. The molecule has 0 fully saturated rings. The Morgan fingerprint density at radius 1 is 0.280 bits per heavy atom. The molecule has 12 aromatic carbocycles. The van der Waals surface area contributed by atoms with Crippen molar-refractivity contribution in [2.45, 2.75) is 13.8 Å². The fourth-order valence-corrected chi connectivity index (χ4v) is 13.7. The number of anilines is 15. The Hall–Kier alpha value is -10.4. The van der Waals surface area contributed by atoms with Crippen molar-refractivity contribution in [2.75, 3.05) is 24.5 Å². The Kier molecular flexibility index (Phi) is 11.1. The Labute approximate surface area is 479 Å². The first-order valence-corrected chi connectivity index (χ1v) is 28.3. The van der Waals surface area contributed by atoms with Crippen LogP contribution < -0.4 is 62.0 Å². The highest BCUT2D eigenvalue weighted by atomic mass is 16.5. The monoisotopic (exact) mass is 1050 g/mol. The van der Waals surface area contributed by atoms with Gasteiger partial charge in [-0.25, -0.2) is 0 Å². The predicted octanol–water partition coefficient (Wildman–Crippen LogP) is 15.7. The molecule has 0 saturated heterocycles. The van der Waals surface area contributed by atoms with E-state index in [1.807, 2.05) is 0 Å².